The zero-order chi connectivity index (χ0) is 22.9. The number of ether oxygens (including phenoxy) is 1. The Hall–Kier alpha value is -3.29. The fraction of sp³-hybridized carbons (Fsp3) is 0.280. The van der Waals surface area contributed by atoms with Crippen molar-refractivity contribution in [1.29, 1.82) is 0 Å². The smallest absolute Gasteiger partial charge is 0.259 e. The van der Waals surface area contributed by atoms with Gasteiger partial charge in [-0.1, -0.05) is 29.8 Å². The summed E-state index contributed by atoms with van der Waals surface area (Å²) in [6, 6.07) is 11.7. The van der Waals surface area contributed by atoms with Crippen molar-refractivity contribution in [2.45, 2.75) is 25.8 Å². The lowest BCUT2D eigenvalue weighted by molar-refractivity contribution is 0.0903. The summed E-state index contributed by atoms with van der Waals surface area (Å²) in [6.07, 6.45) is 5.32. The molecule has 0 aliphatic carbocycles. The van der Waals surface area contributed by atoms with E-state index in [1.807, 2.05) is 43.3 Å². The Bertz CT molecular complexity index is 1400. The Morgan fingerprint density at radius 3 is 2.70 bits per heavy atom. The van der Waals surface area contributed by atoms with Gasteiger partial charge in [0.15, 0.2) is 0 Å². The first-order valence-electron chi connectivity index (χ1n) is 10.9. The molecule has 8 heteroatoms. The number of benzene rings is 1. The first-order chi connectivity index (χ1) is 16.0. The monoisotopic (exact) mass is 461 g/mol. The fourth-order valence-electron chi connectivity index (χ4n) is 4.20. The van der Waals surface area contributed by atoms with E-state index in [0.29, 0.717) is 27.7 Å². The summed E-state index contributed by atoms with van der Waals surface area (Å²) in [5, 5.41) is 4.62. The third-order valence-electron chi connectivity index (χ3n) is 6.05. The Morgan fingerprint density at radius 1 is 1.12 bits per heavy atom. The first-order valence-corrected chi connectivity index (χ1v) is 11.3. The second-order valence-corrected chi connectivity index (χ2v) is 8.70. The van der Waals surface area contributed by atoms with Gasteiger partial charge >= 0.3 is 0 Å². The van der Waals surface area contributed by atoms with Gasteiger partial charge in [0, 0.05) is 65.8 Å². The van der Waals surface area contributed by atoms with Crippen molar-refractivity contribution in [1.82, 2.24) is 19.5 Å². The number of pyridine rings is 2. The van der Waals surface area contributed by atoms with Crippen LogP contribution in [0.1, 0.15) is 18.4 Å². The van der Waals surface area contributed by atoms with Crippen LogP contribution in [-0.4, -0.2) is 38.8 Å². The second kappa shape index (κ2) is 8.92. The molecule has 0 saturated carbocycles. The van der Waals surface area contributed by atoms with Gasteiger partial charge in [0.1, 0.15) is 5.65 Å². The van der Waals surface area contributed by atoms with Crippen molar-refractivity contribution >= 4 is 28.6 Å². The summed E-state index contributed by atoms with van der Waals surface area (Å²) in [4.78, 5) is 26.8. The van der Waals surface area contributed by atoms with E-state index < -0.39 is 0 Å². The van der Waals surface area contributed by atoms with Gasteiger partial charge in [0.05, 0.1) is 5.69 Å². The van der Waals surface area contributed by atoms with Gasteiger partial charge in [-0.3, -0.25) is 14.3 Å². The van der Waals surface area contributed by atoms with E-state index in [0.717, 1.165) is 48.3 Å². The van der Waals surface area contributed by atoms with Crippen LogP contribution in [-0.2, 0) is 11.8 Å². The van der Waals surface area contributed by atoms with E-state index in [2.05, 4.69) is 20.3 Å². The summed E-state index contributed by atoms with van der Waals surface area (Å²) >= 11 is 6.65. The summed E-state index contributed by atoms with van der Waals surface area (Å²) in [5.41, 5.74) is 4.42. The van der Waals surface area contributed by atoms with E-state index in [4.69, 9.17) is 16.3 Å². The lowest BCUT2D eigenvalue weighted by Gasteiger charge is -2.23. The number of rotatable bonds is 4. The predicted octanol–water partition coefficient (Wildman–Crippen LogP) is 4.61. The molecule has 3 aromatic heterocycles. The summed E-state index contributed by atoms with van der Waals surface area (Å²) < 4.78 is 6.96. The first kappa shape index (κ1) is 21.6. The lowest BCUT2D eigenvalue weighted by atomic mass is 10.0. The van der Waals surface area contributed by atoms with Crippen molar-refractivity contribution in [3.8, 4) is 22.4 Å². The maximum absolute atomic E-state index is 13.2. The van der Waals surface area contributed by atoms with Gasteiger partial charge in [0.2, 0.25) is 5.95 Å². The molecule has 5 rings (SSSR count). The highest BCUT2D eigenvalue weighted by Gasteiger charge is 2.17. The zero-order valence-electron chi connectivity index (χ0n) is 18.5. The van der Waals surface area contributed by atoms with Crippen LogP contribution in [0.4, 0.5) is 5.95 Å². The second-order valence-electron chi connectivity index (χ2n) is 8.29. The molecule has 33 heavy (non-hydrogen) atoms. The number of hydrogen-bond donors (Lipinski definition) is 1. The number of anilines is 1. The van der Waals surface area contributed by atoms with Crippen LogP contribution in [0.3, 0.4) is 0 Å². The van der Waals surface area contributed by atoms with Crippen LogP contribution >= 0.6 is 11.6 Å². The van der Waals surface area contributed by atoms with Crippen LogP contribution in [0.25, 0.3) is 33.4 Å². The molecule has 0 radical (unpaired) electrons. The molecule has 1 N–H and O–H groups in total. The van der Waals surface area contributed by atoms with E-state index in [1.54, 1.807) is 24.0 Å². The number of nitrogens with zero attached hydrogens (tertiary/aromatic N) is 4. The topological polar surface area (TPSA) is 81.9 Å². The van der Waals surface area contributed by atoms with Gasteiger partial charge in [-0.25, -0.2) is 4.98 Å². The van der Waals surface area contributed by atoms with Gasteiger partial charge in [-0.15, -0.1) is 0 Å². The standard InChI is InChI=1S/C25H24ClN5O2/c1-15-4-3-9-27-22(15)16-5-6-19(21(26)13-16)20-12-17-14-28-25(29-18-7-10-33-11-8-18)30-23(17)31(2)24(20)32/h3-6,9,12-14,18H,7-8,10-11H2,1-2H3,(H,28,29,30). The molecule has 1 aliphatic rings. The molecule has 1 saturated heterocycles. The Balaban J connectivity index is 1.52. The third kappa shape index (κ3) is 4.21. The minimum absolute atomic E-state index is 0.165. The number of fused-ring (bicyclic) bond motifs is 1. The van der Waals surface area contributed by atoms with Crippen LogP contribution in [0, 0.1) is 6.92 Å². The Morgan fingerprint density at radius 2 is 1.94 bits per heavy atom. The molecule has 1 aromatic carbocycles. The van der Waals surface area contributed by atoms with Gasteiger partial charge in [0.25, 0.3) is 5.56 Å². The van der Waals surface area contributed by atoms with Crippen molar-refractivity contribution in [3.05, 3.63) is 69.7 Å². The van der Waals surface area contributed by atoms with E-state index >= 15 is 0 Å². The highest BCUT2D eigenvalue weighted by Crippen LogP contribution is 2.32. The average molecular weight is 462 g/mol. The Kier molecular flexibility index (Phi) is 5.83. The third-order valence-corrected chi connectivity index (χ3v) is 6.36. The average Bonchev–Trinajstić information content (AvgIpc) is 2.83. The maximum Gasteiger partial charge on any atom is 0.259 e. The van der Waals surface area contributed by atoms with Crippen molar-refractivity contribution < 1.29 is 4.74 Å². The quantitative estimate of drug-likeness (QED) is 0.478. The van der Waals surface area contributed by atoms with Gasteiger partial charge in [-0.05, 0) is 43.5 Å². The van der Waals surface area contributed by atoms with Gasteiger partial charge in [-0.2, -0.15) is 4.98 Å². The molecule has 1 fully saturated rings. The summed E-state index contributed by atoms with van der Waals surface area (Å²) in [6.45, 7) is 3.47. The number of hydrogen-bond acceptors (Lipinski definition) is 6. The lowest BCUT2D eigenvalue weighted by Crippen LogP contribution is -2.29. The molecule has 4 heterocycles. The van der Waals surface area contributed by atoms with Crippen LogP contribution in [0.2, 0.25) is 5.02 Å². The number of nitrogens with one attached hydrogen (secondary N) is 1. The highest BCUT2D eigenvalue weighted by molar-refractivity contribution is 6.33. The molecule has 4 aromatic rings. The normalized spacial score (nSPS) is 14.5. The Labute approximate surface area is 196 Å². The maximum atomic E-state index is 13.2. The summed E-state index contributed by atoms with van der Waals surface area (Å²) in [7, 11) is 1.72. The van der Waals surface area contributed by atoms with Crippen LogP contribution in [0.5, 0.6) is 0 Å². The van der Waals surface area contributed by atoms with E-state index in [1.165, 1.54) is 0 Å². The van der Waals surface area contributed by atoms with Crippen molar-refractivity contribution in [3.63, 3.8) is 0 Å². The largest absolute Gasteiger partial charge is 0.381 e. The number of halogens is 1. The molecule has 0 spiro atoms. The molecule has 168 valence electrons. The molecule has 0 atom stereocenters. The highest BCUT2D eigenvalue weighted by atomic mass is 35.5. The molecule has 0 bridgehead atoms. The minimum Gasteiger partial charge on any atom is -0.381 e. The van der Waals surface area contributed by atoms with Crippen LogP contribution < -0.4 is 10.9 Å². The van der Waals surface area contributed by atoms with E-state index in [-0.39, 0.29) is 11.6 Å². The van der Waals surface area contributed by atoms with E-state index in [9.17, 15) is 4.79 Å². The molecule has 7 nitrogen and oxygen atoms in total. The molecule has 0 unspecified atom stereocenters. The van der Waals surface area contributed by atoms with Crippen molar-refractivity contribution in [2.24, 2.45) is 7.05 Å². The number of aromatic nitrogens is 4. The summed E-state index contributed by atoms with van der Waals surface area (Å²) in [5.74, 6) is 0.519. The predicted molar refractivity (Wildman–Crippen MR) is 131 cm³/mol. The minimum atomic E-state index is -0.165. The zero-order valence-corrected chi connectivity index (χ0v) is 19.3. The van der Waals surface area contributed by atoms with Crippen molar-refractivity contribution in [2.75, 3.05) is 18.5 Å². The SMILES string of the molecule is Cc1cccnc1-c1ccc(-c2cc3cnc(NC4CCOCC4)nc3n(C)c2=O)c(Cl)c1. The molecule has 1 aliphatic heterocycles. The molecule has 0 amide bonds. The fourth-order valence-corrected chi connectivity index (χ4v) is 4.48. The van der Waals surface area contributed by atoms with Crippen LogP contribution in [0.15, 0.2) is 53.6 Å². The number of aryl methyl sites for hydroxylation is 2. The molecular weight excluding hydrogens is 438 g/mol. The molecular formula is C25H24ClN5O2. The van der Waals surface area contributed by atoms with Gasteiger partial charge < -0.3 is 10.1 Å².